The number of nitrogens with one attached hydrogen (secondary N) is 1. The number of nitrogens with zero attached hydrogens (tertiary/aromatic N) is 2. The summed E-state index contributed by atoms with van der Waals surface area (Å²) in [6, 6.07) is 4.70. The Balaban J connectivity index is 2.05. The van der Waals surface area contributed by atoms with Crippen LogP contribution in [0.15, 0.2) is 22.7 Å². The molecule has 0 saturated heterocycles. The second kappa shape index (κ2) is 5.05. The molecule has 2 aromatic rings. The monoisotopic (exact) mass is 266 g/mol. The highest BCUT2D eigenvalue weighted by Crippen LogP contribution is 2.17. The fourth-order valence-electron chi connectivity index (χ4n) is 1.39. The van der Waals surface area contributed by atoms with E-state index in [0.29, 0.717) is 28.0 Å². The van der Waals surface area contributed by atoms with Gasteiger partial charge in [0.2, 0.25) is 5.89 Å². The number of aryl methyl sites for hydroxylation is 1. The summed E-state index contributed by atoms with van der Waals surface area (Å²) in [4.78, 5) is 15.8. The summed E-state index contributed by atoms with van der Waals surface area (Å²) >= 11 is 5.80. The Bertz CT molecular complexity index is 582. The molecule has 0 fully saturated rings. The number of hydrogen-bond donors (Lipinski definition) is 2. The van der Waals surface area contributed by atoms with Gasteiger partial charge >= 0.3 is 0 Å². The van der Waals surface area contributed by atoms with E-state index in [0.717, 1.165) is 0 Å². The number of benzene rings is 1. The molecule has 1 amide bonds. The van der Waals surface area contributed by atoms with Gasteiger partial charge in [0.25, 0.3) is 5.91 Å². The maximum absolute atomic E-state index is 11.9. The summed E-state index contributed by atoms with van der Waals surface area (Å²) in [5, 5.41) is 6.69. The maximum atomic E-state index is 11.9. The third kappa shape index (κ3) is 2.78. The molecule has 3 N–H and O–H groups in total. The van der Waals surface area contributed by atoms with Gasteiger partial charge in [-0.15, -0.1) is 0 Å². The molecule has 0 saturated carbocycles. The standard InChI is InChI=1S/C11H11ClN4O2/c1-6-15-10(18-16-6)5-14-11(17)8-4-7(12)2-3-9(8)13/h2-4H,5,13H2,1H3,(H,14,17). The van der Waals surface area contributed by atoms with Gasteiger partial charge in [-0.3, -0.25) is 4.79 Å². The summed E-state index contributed by atoms with van der Waals surface area (Å²) in [5.41, 5.74) is 6.37. The molecule has 0 radical (unpaired) electrons. The molecular formula is C11H11ClN4O2. The number of anilines is 1. The normalized spacial score (nSPS) is 10.3. The molecule has 18 heavy (non-hydrogen) atoms. The first-order chi connectivity index (χ1) is 8.56. The van der Waals surface area contributed by atoms with Crippen molar-refractivity contribution in [1.29, 1.82) is 0 Å². The van der Waals surface area contributed by atoms with Crippen LogP contribution in [0.3, 0.4) is 0 Å². The van der Waals surface area contributed by atoms with Crippen LogP contribution in [-0.4, -0.2) is 16.0 Å². The molecular weight excluding hydrogens is 256 g/mol. The zero-order valence-electron chi connectivity index (χ0n) is 9.61. The van der Waals surface area contributed by atoms with E-state index in [-0.39, 0.29) is 12.5 Å². The zero-order valence-corrected chi connectivity index (χ0v) is 10.4. The second-order valence-electron chi connectivity index (χ2n) is 3.65. The minimum Gasteiger partial charge on any atom is -0.398 e. The maximum Gasteiger partial charge on any atom is 0.253 e. The van der Waals surface area contributed by atoms with Gasteiger partial charge in [-0.2, -0.15) is 4.98 Å². The lowest BCUT2D eigenvalue weighted by atomic mass is 10.1. The molecule has 0 unspecified atom stereocenters. The summed E-state index contributed by atoms with van der Waals surface area (Å²) in [6.45, 7) is 1.84. The summed E-state index contributed by atoms with van der Waals surface area (Å²) in [5.74, 6) is 0.508. The van der Waals surface area contributed by atoms with Gasteiger partial charge in [0, 0.05) is 10.7 Å². The van der Waals surface area contributed by atoms with Crippen molar-refractivity contribution >= 4 is 23.2 Å². The molecule has 0 aliphatic heterocycles. The van der Waals surface area contributed by atoms with E-state index in [1.54, 1.807) is 19.1 Å². The number of nitrogen functional groups attached to an aromatic ring is 1. The van der Waals surface area contributed by atoms with E-state index in [9.17, 15) is 4.79 Å². The van der Waals surface area contributed by atoms with Crippen molar-refractivity contribution in [3.05, 3.63) is 40.5 Å². The van der Waals surface area contributed by atoms with Gasteiger partial charge in [-0.25, -0.2) is 0 Å². The fourth-order valence-corrected chi connectivity index (χ4v) is 1.56. The van der Waals surface area contributed by atoms with Crippen molar-refractivity contribution in [2.24, 2.45) is 0 Å². The van der Waals surface area contributed by atoms with Crippen LogP contribution >= 0.6 is 11.6 Å². The molecule has 7 heteroatoms. The molecule has 1 aromatic heterocycles. The van der Waals surface area contributed by atoms with Crippen LogP contribution in [-0.2, 0) is 6.54 Å². The van der Waals surface area contributed by atoms with E-state index in [1.165, 1.54) is 6.07 Å². The lowest BCUT2D eigenvalue weighted by Gasteiger charge is -2.05. The quantitative estimate of drug-likeness (QED) is 0.822. The number of hydrogen-bond acceptors (Lipinski definition) is 5. The Kier molecular flexibility index (Phi) is 3.47. The number of carbonyl (C=O) groups excluding carboxylic acids is 1. The Morgan fingerprint density at radius 2 is 2.33 bits per heavy atom. The van der Waals surface area contributed by atoms with E-state index in [1.807, 2.05) is 0 Å². The number of nitrogens with two attached hydrogens (primary N) is 1. The third-order valence-corrected chi connectivity index (χ3v) is 2.46. The van der Waals surface area contributed by atoms with Crippen molar-refractivity contribution < 1.29 is 9.32 Å². The van der Waals surface area contributed by atoms with Crippen LogP contribution in [0.2, 0.25) is 5.02 Å². The Hall–Kier alpha value is -2.08. The lowest BCUT2D eigenvalue weighted by molar-refractivity contribution is 0.0947. The van der Waals surface area contributed by atoms with Crippen LogP contribution in [0.4, 0.5) is 5.69 Å². The highest BCUT2D eigenvalue weighted by atomic mass is 35.5. The number of aromatic nitrogens is 2. The molecule has 1 aromatic carbocycles. The highest BCUT2D eigenvalue weighted by Gasteiger charge is 2.11. The van der Waals surface area contributed by atoms with Crippen molar-refractivity contribution in [2.45, 2.75) is 13.5 Å². The largest absolute Gasteiger partial charge is 0.398 e. The van der Waals surface area contributed by atoms with Gasteiger partial charge in [0.1, 0.15) is 0 Å². The average Bonchev–Trinajstić information content (AvgIpc) is 2.75. The molecule has 0 spiro atoms. The number of amides is 1. The number of halogens is 1. The van der Waals surface area contributed by atoms with Crippen LogP contribution in [0.1, 0.15) is 22.1 Å². The van der Waals surface area contributed by atoms with Gasteiger partial charge in [0.05, 0.1) is 12.1 Å². The van der Waals surface area contributed by atoms with Gasteiger partial charge < -0.3 is 15.6 Å². The molecule has 0 aliphatic carbocycles. The smallest absolute Gasteiger partial charge is 0.253 e. The van der Waals surface area contributed by atoms with Crippen LogP contribution in [0.25, 0.3) is 0 Å². The van der Waals surface area contributed by atoms with E-state index in [2.05, 4.69) is 15.5 Å². The molecule has 0 aliphatic rings. The van der Waals surface area contributed by atoms with Crippen LogP contribution in [0.5, 0.6) is 0 Å². The number of rotatable bonds is 3. The first kappa shape index (κ1) is 12.4. The van der Waals surface area contributed by atoms with E-state index >= 15 is 0 Å². The van der Waals surface area contributed by atoms with Gasteiger partial charge in [-0.1, -0.05) is 16.8 Å². The van der Waals surface area contributed by atoms with Crippen molar-refractivity contribution in [1.82, 2.24) is 15.5 Å². The minimum absolute atomic E-state index is 0.144. The lowest BCUT2D eigenvalue weighted by Crippen LogP contribution is -2.24. The predicted molar refractivity (Wildman–Crippen MR) is 66.1 cm³/mol. The van der Waals surface area contributed by atoms with E-state index < -0.39 is 0 Å². The van der Waals surface area contributed by atoms with Crippen LogP contribution < -0.4 is 11.1 Å². The Morgan fingerprint density at radius 3 is 3.00 bits per heavy atom. The van der Waals surface area contributed by atoms with Gasteiger partial charge in [-0.05, 0) is 25.1 Å². The molecule has 1 heterocycles. The summed E-state index contributed by atoms with van der Waals surface area (Å²) < 4.78 is 4.87. The van der Waals surface area contributed by atoms with Crippen molar-refractivity contribution in [3.8, 4) is 0 Å². The minimum atomic E-state index is -0.342. The molecule has 94 valence electrons. The SMILES string of the molecule is Cc1noc(CNC(=O)c2cc(Cl)ccc2N)n1. The fraction of sp³-hybridized carbons (Fsp3) is 0.182. The number of carbonyl (C=O) groups is 1. The topological polar surface area (TPSA) is 94.0 Å². The first-order valence-corrected chi connectivity index (χ1v) is 5.56. The van der Waals surface area contributed by atoms with E-state index in [4.69, 9.17) is 21.9 Å². The Labute approximate surface area is 108 Å². The zero-order chi connectivity index (χ0) is 13.1. The van der Waals surface area contributed by atoms with Crippen molar-refractivity contribution in [2.75, 3.05) is 5.73 Å². The Morgan fingerprint density at radius 1 is 1.56 bits per heavy atom. The van der Waals surface area contributed by atoms with Crippen LogP contribution in [0, 0.1) is 6.92 Å². The third-order valence-electron chi connectivity index (χ3n) is 2.23. The molecule has 0 bridgehead atoms. The molecule has 2 rings (SSSR count). The molecule has 0 atom stereocenters. The summed E-state index contributed by atoms with van der Waals surface area (Å²) in [6.07, 6.45) is 0. The predicted octanol–water partition coefficient (Wildman–Crippen LogP) is 1.54. The summed E-state index contributed by atoms with van der Waals surface area (Å²) in [7, 11) is 0. The first-order valence-electron chi connectivity index (χ1n) is 5.18. The highest BCUT2D eigenvalue weighted by molar-refractivity contribution is 6.31. The van der Waals surface area contributed by atoms with Crippen molar-refractivity contribution in [3.63, 3.8) is 0 Å². The average molecular weight is 267 g/mol. The van der Waals surface area contributed by atoms with Gasteiger partial charge in [0.15, 0.2) is 5.82 Å². The second-order valence-corrected chi connectivity index (χ2v) is 4.09. The molecule has 6 nitrogen and oxygen atoms in total.